The minimum Gasteiger partial charge on any atom is -0.366 e. The zero-order valence-electron chi connectivity index (χ0n) is 12.4. The number of nitrogens with two attached hydrogens (primary N) is 2. The van der Waals surface area contributed by atoms with Crippen molar-refractivity contribution in [2.45, 2.75) is 39.2 Å². The normalized spacial score (nSPS) is 11.0. The second-order valence-electron chi connectivity index (χ2n) is 4.96. The number of hydrogen-bond acceptors (Lipinski definition) is 4. The molecule has 0 fully saturated rings. The highest BCUT2D eigenvalue weighted by Crippen LogP contribution is 2.27. The number of carbonyl (C=O) groups excluding carboxylic acids is 1. The first-order valence-electron chi connectivity index (χ1n) is 7.17. The summed E-state index contributed by atoms with van der Waals surface area (Å²) in [5.74, 6) is -0.0858. The molecular formula is C15H21N5O. The van der Waals surface area contributed by atoms with Crippen LogP contribution in [-0.2, 0) is 6.54 Å². The molecule has 0 saturated heterocycles. The largest absolute Gasteiger partial charge is 0.366 e. The average molecular weight is 287 g/mol. The van der Waals surface area contributed by atoms with Crippen LogP contribution in [0.3, 0.4) is 0 Å². The fourth-order valence-electron chi connectivity index (χ4n) is 2.51. The van der Waals surface area contributed by atoms with Crippen LogP contribution in [-0.4, -0.2) is 20.9 Å². The second kappa shape index (κ2) is 6.49. The van der Waals surface area contributed by atoms with Gasteiger partial charge in [0.1, 0.15) is 5.69 Å². The molecule has 1 heterocycles. The number of rotatable bonds is 6. The number of amides is 1. The predicted molar refractivity (Wildman–Crippen MR) is 81.1 cm³/mol. The molecule has 0 aliphatic rings. The van der Waals surface area contributed by atoms with Gasteiger partial charge in [0, 0.05) is 18.0 Å². The zero-order valence-corrected chi connectivity index (χ0v) is 12.4. The van der Waals surface area contributed by atoms with Crippen LogP contribution in [0.4, 0.5) is 0 Å². The average Bonchev–Trinajstić information content (AvgIpc) is 2.92. The molecule has 1 amide bonds. The molecule has 0 aliphatic carbocycles. The van der Waals surface area contributed by atoms with Gasteiger partial charge in [0.05, 0.1) is 11.4 Å². The van der Waals surface area contributed by atoms with Gasteiger partial charge in [0.25, 0.3) is 0 Å². The van der Waals surface area contributed by atoms with Crippen LogP contribution in [0.15, 0.2) is 24.3 Å². The molecule has 112 valence electrons. The molecule has 0 spiro atoms. The van der Waals surface area contributed by atoms with Crippen molar-refractivity contribution in [3.05, 3.63) is 41.2 Å². The van der Waals surface area contributed by atoms with Gasteiger partial charge in [-0.15, -0.1) is 5.10 Å². The number of benzene rings is 1. The van der Waals surface area contributed by atoms with Gasteiger partial charge in [-0.3, -0.25) is 4.79 Å². The molecule has 1 aromatic heterocycles. The van der Waals surface area contributed by atoms with Crippen molar-refractivity contribution in [1.82, 2.24) is 15.0 Å². The first-order valence-corrected chi connectivity index (χ1v) is 7.17. The van der Waals surface area contributed by atoms with Crippen LogP contribution in [0.25, 0.3) is 5.69 Å². The Morgan fingerprint density at radius 3 is 2.33 bits per heavy atom. The van der Waals surface area contributed by atoms with Crippen LogP contribution < -0.4 is 11.5 Å². The molecule has 4 N–H and O–H groups in total. The van der Waals surface area contributed by atoms with E-state index in [1.54, 1.807) is 12.1 Å². The SMILES string of the molecule is CCC(CC)c1c(CN)nnn1-c1ccc(C(N)=O)cc1. The summed E-state index contributed by atoms with van der Waals surface area (Å²) in [5.41, 5.74) is 14.2. The minimum absolute atomic E-state index is 0.356. The number of hydrogen-bond donors (Lipinski definition) is 2. The van der Waals surface area contributed by atoms with Crippen molar-refractivity contribution in [1.29, 1.82) is 0 Å². The standard InChI is InChI=1S/C15H21N5O/c1-3-10(4-2)14-13(9-16)18-19-20(14)12-7-5-11(6-8-12)15(17)21/h5-8,10H,3-4,9,16H2,1-2H3,(H2,17,21). The highest BCUT2D eigenvalue weighted by Gasteiger charge is 2.20. The quantitative estimate of drug-likeness (QED) is 0.845. The molecule has 0 atom stereocenters. The molecular weight excluding hydrogens is 266 g/mol. The fourth-order valence-corrected chi connectivity index (χ4v) is 2.51. The molecule has 6 heteroatoms. The predicted octanol–water partition coefficient (Wildman–Crippen LogP) is 1.73. The van der Waals surface area contributed by atoms with Crippen molar-refractivity contribution < 1.29 is 4.79 Å². The summed E-state index contributed by atoms with van der Waals surface area (Å²) < 4.78 is 1.81. The Morgan fingerprint density at radius 1 is 1.24 bits per heavy atom. The monoisotopic (exact) mass is 287 g/mol. The minimum atomic E-state index is -0.442. The van der Waals surface area contributed by atoms with Gasteiger partial charge >= 0.3 is 0 Å². The summed E-state index contributed by atoms with van der Waals surface area (Å²) in [6, 6.07) is 7.03. The van der Waals surface area contributed by atoms with Crippen LogP contribution >= 0.6 is 0 Å². The Hall–Kier alpha value is -2.21. The summed E-state index contributed by atoms with van der Waals surface area (Å²) >= 11 is 0. The van der Waals surface area contributed by atoms with Crippen molar-refractivity contribution in [3.63, 3.8) is 0 Å². The molecule has 6 nitrogen and oxygen atoms in total. The van der Waals surface area contributed by atoms with Gasteiger partial charge in [0.2, 0.25) is 5.91 Å². The molecule has 2 rings (SSSR count). The summed E-state index contributed by atoms with van der Waals surface area (Å²) in [5, 5.41) is 8.40. The summed E-state index contributed by atoms with van der Waals surface area (Å²) in [6.45, 7) is 4.65. The smallest absolute Gasteiger partial charge is 0.248 e. The van der Waals surface area contributed by atoms with E-state index >= 15 is 0 Å². The molecule has 2 aromatic rings. The van der Waals surface area contributed by atoms with Gasteiger partial charge < -0.3 is 11.5 Å². The van der Waals surface area contributed by atoms with E-state index in [0.717, 1.165) is 29.9 Å². The van der Waals surface area contributed by atoms with Gasteiger partial charge in [-0.2, -0.15) is 0 Å². The van der Waals surface area contributed by atoms with Crippen molar-refractivity contribution >= 4 is 5.91 Å². The van der Waals surface area contributed by atoms with Gasteiger partial charge in [-0.05, 0) is 37.1 Å². The third-order valence-electron chi connectivity index (χ3n) is 3.74. The van der Waals surface area contributed by atoms with E-state index < -0.39 is 5.91 Å². The van der Waals surface area contributed by atoms with Crippen molar-refractivity contribution in [3.8, 4) is 5.69 Å². The molecule has 0 bridgehead atoms. The Morgan fingerprint density at radius 2 is 1.86 bits per heavy atom. The lowest BCUT2D eigenvalue weighted by Crippen LogP contribution is -2.12. The Kier molecular flexibility index (Phi) is 4.70. The number of primary amides is 1. The van der Waals surface area contributed by atoms with Crippen molar-refractivity contribution in [2.24, 2.45) is 11.5 Å². The van der Waals surface area contributed by atoms with E-state index in [0.29, 0.717) is 18.0 Å². The van der Waals surface area contributed by atoms with Crippen LogP contribution in [0, 0.1) is 0 Å². The third kappa shape index (κ3) is 2.95. The number of nitrogens with zero attached hydrogens (tertiary/aromatic N) is 3. The third-order valence-corrected chi connectivity index (χ3v) is 3.74. The Balaban J connectivity index is 2.48. The molecule has 0 saturated carbocycles. The van der Waals surface area contributed by atoms with Gasteiger partial charge in [-0.1, -0.05) is 19.1 Å². The maximum absolute atomic E-state index is 11.1. The van der Waals surface area contributed by atoms with E-state index in [1.165, 1.54) is 0 Å². The number of aromatic nitrogens is 3. The molecule has 0 radical (unpaired) electrons. The second-order valence-corrected chi connectivity index (χ2v) is 4.96. The maximum Gasteiger partial charge on any atom is 0.248 e. The van der Waals surface area contributed by atoms with Crippen LogP contribution in [0.2, 0.25) is 0 Å². The van der Waals surface area contributed by atoms with E-state index in [4.69, 9.17) is 11.5 Å². The van der Waals surface area contributed by atoms with E-state index in [1.807, 2.05) is 16.8 Å². The first-order chi connectivity index (χ1) is 10.1. The molecule has 0 unspecified atom stereocenters. The zero-order chi connectivity index (χ0) is 15.4. The molecule has 21 heavy (non-hydrogen) atoms. The molecule has 0 aliphatic heterocycles. The van der Waals surface area contributed by atoms with E-state index in [-0.39, 0.29) is 0 Å². The topological polar surface area (TPSA) is 99.8 Å². The highest BCUT2D eigenvalue weighted by atomic mass is 16.1. The summed E-state index contributed by atoms with van der Waals surface area (Å²) in [4.78, 5) is 11.1. The first kappa shape index (κ1) is 15.2. The van der Waals surface area contributed by atoms with Crippen molar-refractivity contribution in [2.75, 3.05) is 0 Å². The lowest BCUT2D eigenvalue weighted by Gasteiger charge is -2.16. The van der Waals surface area contributed by atoms with Crippen LogP contribution in [0.5, 0.6) is 0 Å². The lowest BCUT2D eigenvalue weighted by atomic mass is 9.97. The highest BCUT2D eigenvalue weighted by molar-refractivity contribution is 5.92. The maximum atomic E-state index is 11.1. The summed E-state index contributed by atoms with van der Waals surface area (Å²) in [6.07, 6.45) is 1.99. The Labute approximate surface area is 124 Å². The summed E-state index contributed by atoms with van der Waals surface area (Å²) in [7, 11) is 0. The lowest BCUT2D eigenvalue weighted by molar-refractivity contribution is 0.100. The molecule has 1 aromatic carbocycles. The fraction of sp³-hybridized carbons (Fsp3) is 0.400. The van der Waals surface area contributed by atoms with Crippen LogP contribution in [0.1, 0.15) is 54.4 Å². The van der Waals surface area contributed by atoms with E-state index in [2.05, 4.69) is 24.2 Å². The van der Waals surface area contributed by atoms with Gasteiger partial charge in [-0.25, -0.2) is 4.68 Å². The van der Waals surface area contributed by atoms with Gasteiger partial charge in [0.15, 0.2) is 0 Å². The Bertz CT molecular complexity index is 613. The number of carbonyl (C=O) groups is 1. The van der Waals surface area contributed by atoms with E-state index in [9.17, 15) is 4.79 Å².